The van der Waals surface area contributed by atoms with Crippen LogP contribution in [-0.2, 0) is 11.2 Å². The number of anilines is 2. The molecule has 2 aromatic heterocycles. The number of hydrogen-bond acceptors (Lipinski definition) is 7. The van der Waals surface area contributed by atoms with Crippen molar-refractivity contribution >= 4 is 28.4 Å². The summed E-state index contributed by atoms with van der Waals surface area (Å²) in [5.41, 5.74) is -0.454. The predicted molar refractivity (Wildman–Crippen MR) is 113 cm³/mol. The van der Waals surface area contributed by atoms with E-state index in [-0.39, 0.29) is 18.2 Å². The minimum atomic E-state index is -0.454. The molecule has 7 nitrogen and oxygen atoms in total. The molecule has 2 aromatic rings. The third-order valence-electron chi connectivity index (χ3n) is 5.47. The highest BCUT2D eigenvalue weighted by molar-refractivity contribution is 7.15. The molecule has 4 rings (SSSR count). The number of nitrogens with one attached hydrogen (secondary N) is 1. The summed E-state index contributed by atoms with van der Waals surface area (Å²) in [5.74, 6) is 2.11. The molecule has 2 aliphatic rings. The predicted octanol–water partition coefficient (Wildman–Crippen LogP) is 4.71. The Balaban J connectivity index is 1.38. The zero-order valence-corrected chi connectivity index (χ0v) is 18.3. The molecule has 0 radical (unpaired) electrons. The highest BCUT2D eigenvalue weighted by atomic mass is 32.1. The van der Waals surface area contributed by atoms with Crippen LogP contribution < -0.4 is 5.32 Å². The largest absolute Gasteiger partial charge is 0.444 e. The van der Waals surface area contributed by atoms with Crippen LogP contribution in [0.4, 0.5) is 15.7 Å². The molecule has 2 unspecified atom stereocenters. The third kappa shape index (κ3) is 4.86. The van der Waals surface area contributed by atoms with Crippen LogP contribution in [0.25, 0.3) is 0 Å². The van der Waals surface area contributed by atoms with Crippen molar-refractivity contribution in [3.05, 3.63) is 29.2 Å². The molecular weight excluding hydrogens is 386 g/mol. The summed E-state index contributed by atoms with van der Waals surface area (Å²) in [6.07, 6.45) is 8.42. The first-order valence-corrected chi connectivity index (χ1v) is 11.1. The lowest BCUT2D eigenvalue weighted by Gasteiger charge is -2.39. The average Bonchev–Trinajstić information content (AvgIpc) is 3.14. The van der Waals surface area contributed by atoms with Gasteiger partial charge in [-0.2, -0.15) is 0 Å². The average molecular weight is 416 g/mol. The maximum absolute atomic E-state index is 12.6. The zero-order valence-electron chi connectivity index (χ0n) is 17.5. The summed E-state index contributed by atoms with van der Waals surface area (Å²) >= 11 is 1.61. The number of fused-ring (bicyclic) bond motifs is 2. The van der Waals surface area contributed by atoms with Gasteiger partial charge in [-0.15, -0.1) is 11.3 Å². The van der Waals surface area contributed by atoms with Crippen LogP contribution in [0.5, 0.6) is 0 Å². The molecule has 2 aliphatic heterocycles. The van der Waals surface area contributed by atoms with Crippen molar-refractivity contribution in [2.75, 3.05) is 5.32 Å². The van der Waals surface area contributed by atoms with E-state index in [0.717, 1.165) is 53.8 Å². The second-order valence-electron chi connectivity index (χ2n) is 9.07. The number of aromatic nitrogens is 3. The number of rotatable bonds is 4. The van der Waals surface area contributed by atoms with E-state index >= 15 is 0 Å². The van der Waals surface area contributed by atoms with Gasteiger partial charge in [0.25, 0.3) is 0 Å². The minimum absolute atomic E-state index is 0.162. The Hall–Kier alpha value is -2.22. The van der Waals surface area contributed by atoms with Crippen LogP contribution in [0, 0.1) is 12.8 Å². The van der Waals surface area contributed by atoms with Gasteiger partial charge < -0.3 is 15.0 Å². The van der Waals surface area contributed by atoms with Gasteiger partial charge in [0.05, 0.1) is 0 Å². The van der Waals surface area contributed by atoms with E-state index in [2.05, 4.69) is 20.3 Å². The van der Waals surface area contributed by atoms with Gasteiger partial charge in [-0.1, -0.05) is 0 Å². The van der Waals surface area contributed by atoms with Gasteiger partial charge in [-0.05, 0) is 65.4 Å². The van der Waals surface area contributed by atoms with Gasteiger partial charge in [0.2, 0.25) is 0 Å². The monoisotopic (exact) mass is 415 g/mol. The lowest BCUT2D eigenvalue weighted by molar-refractivity contribution is 0.00207. The number of amides is 1. The summed E-state index contributed by atoms with van der Waals surface area (Å²) in [7, 11) is 0. The quantitative estimate of drug-likeness (QED) is 0.779. The molecule has 2 atom stereocenters. The first kappa shape index (κ1) is 20.1. The van der Waals surface area contributed by atoms with Crippen molar-refractivity contribution in [3.63, 3.8) is 0 Å². The van der Waals surface area contributed by atoms with Crippen molar-refractivity contribution in [2.24, 2.45) is 5.92 Å². The van der Waals surface area contributed by atoms with Crippen LogP contribution in [0.1, 0.15) is 57.2 Å². The number of ether oxygens (including phenoxy) is 1. The number of piperidine rings is 1. The molecule has 2 saturated heterocycles. The fourth-order valence-corrected chi connectivity index (χ4v) is 5.09. The zero-order chi connectivity index (χ0) is 20.6. The van der Waals surface area contributed by atoms with Gasteiger partial charge in [0, 0.05) is 35.8 Å². The summed E-state index contributed by atoms with van der Waals surface area (Å²) in [5, 5.41) is 4.11. The topological polar surface area (TPSA) is 80.2 Å². The van der Waals surface area contributed by atoms with Gasteiger partial charge in [0.15, 0.2) is 5.13 Å². The maximum atomic E-state index is 12.6. The van der Waals surface area contributed by atoms with E-state index in [1.54, 1.807) is 17.5 Å². The third-order valence-corrected chi connectivity index (χ3v) is 6.30. The molecule has 0 aliphatic carbocycles. The first-order chi connectivity index (χ1) is 13.8. The minimum Gasteiger partial charge on any atom is -0.444 e. The van der Waals surface area contributed by atoms with Crippen molar-refractivity contribution in [2.45, 2.75) is 77.5 Å². The van der Waals surface area contributed by atoms with E-state index in [1.165, 1.54) is 0 Å². The Labute approximate surface area is 175 Å². The van der Waals surface area contributed by atoms with Gasteiger partial charge in [-0.25, -0.2) is 19.7 Å². The Morgan fingerprint density at radius 2 is 2.00 bits per heavy atom. The fraction of sp³-hybridized carbons (Fsp3) is 0.619. The summed E-state index contributed by atoms with van der Waals surface area (Å²) in [6, 6.07) is 2.41. The fourth-order valence-electron chi connectivity index (χ4n) is 4.42. The van der Waals surface area contributed by atoms with E-state index in [4.69, 9.17) is 4.74 Å². The standard InChI is InChI=1S/C21H29N5O2S/c1-13-12-23-19(29-13)25-17-7-8-22-18(24-17)11-14-9-15-5-6-16(10-14)26(15)20(27)28-21(2,3)4/h7-8,12,14-16H,5-6,9-11H2,1-4H3,(H,22,23,24,25). The normalized spacial score (nSPS) is 23.9. The smallest absolute Gasteiger partial charge is 0.410 e. The number of carbonyl (C=O) groups excluding carboxylic acids is 1. The van der Waals surface area contributed by atoms with Gasteiger partial charge >= 0.3 is 6.09 Å². The lowest BCUT2D eigenvalue weighted by atomic mass is 9.88. The molecule has 1 amide bonds. The molecule has 0 spiro atoms. The number of nitrogens with zero attached hydrogens (tertiary/aromatic N) is 4. The number of thiazole rings is 1. The molecule has 0 saturated carbocycles. The molecule has 0 aromatic carbocycles. The molecule has 1 N–H and O–H groups in total. The van der Waals surface area contributed by atoms with Crippen LogP contribution in [0.15, 0.2) is 18.5 Å². The Morgan fingerprint density at radius 3 is 2.62 bits per heavy atom. The summed E-state index contributed by atoms with van der Waals surface area (Å²) in [4.78, 5) is 29.3. The van der Waals surface area contributed by atoms with Gasteiger partial charge in [-0.3, -0.25) is 0 Å². The molecule has 2 bridgehead atoms. The van der Waals surface area contributed by atoms with Crippen molar-refractivity contribution in [1.29, 1.82) is 0 Å². The highest BCUT2D eigenvalue weighted by Gasteiger charge is 2.44. The van der Waals surface area contributed by atoms with Crippen LogP contribution >= 0.6 is 11.3 Å². The Kier molecular flexibility index (Phi) is 5.46. The Bertz CT molecular complexity index is 864. The highest BCUT2D eigenvalue weighted by Crippen LogP contribution is 2.40. The molecule has 29 heavy (non-hydrogen) atoms. The summed E-state index contributed by atoms with van der Waals surface area (Å²) < 4.78 is 5.63. The van der Waals surface area contributed by atoms with E-state index in [0.29, 0.717) is 5.92 Å². The lowest BCUT2D eigenvalue weighted by Crippen LogP contribution is -2.48. The number of aryl methyl sites for hydroxylation is 1. The maximum Gasteiger partial charge on any atom is 0.410 e. The second-order valence-corrected chi connectivity index (χ2v) is 10.3. The SMILES string of the molecule is Cc1cnc(Nc2ccnc(CC3CC4CCC(C3)N4C(=O)OC(C)(C)C)n2)s1. The van der Waals surface area contributed by atoms with Crippen LogP contribution in [0.2, 0.25) is 0 Å². The molecule has 156 valence electrons. The van der Waals surface area contributed by atoms with Gasteiger partial charge in [0.1, 0.15) is 17.2 Å². The molecule has 8 heteroatoms. The van der Waals surface area contributed by atoms with Crippen LogP contribution in [0.3, 0.4) is 0 Å². The number of hydrogen-bond donors (Lipinski definition) is 1. The van der Waals surface area contributed by atoms with E-state index < -0.39 is 5.60 Å². The van der Waals surface area contributed by atoms with E-state index in [1.807, 2.05) is 44.9 Å². The first-order valence-electron chi connectivity index (χ1n) is 10.3. The molecule has 2 fully saturated rings. The van der Waals surface area contributed by atoms with Crippen molar-refractivity contribution in [1.82, 2.24) is 19.9 Å². The van der Waals surface area contributed by atoms with Crippen molar-refractivity contribution < 1.29 is 9.53 Å². The number of carbonyl (C=O) groups is 1. The second kappa shape index (κ2) is 7.89. The van der Waals surface area contributed by atoms with E-state index in [9.17, 15) is 4.79 Å². The summed E-state index contributed by atoms with van der Waals surface area (Å²) in [6.45, 7) is 7.80. The van der Waals surface area contributed by atoms with Crippen molar-refractivity contribution in [3.8, 4) is 0 Å². The Morgan fingerprint density at radius 1 is 1.28 bits per heavy atom. The molecular formula is C21H29N5O2S. The van der Waals surface area contributed by atoms with Crippen LogP contribution in [-0.4, -0.2) is 43.6 Å². The molecule has 4 heterocycles.